The minimum absolute atomic E-state index is 0.0113. The summed E-state index contributed by atoms with van der Waals surface area (Å²) in [6, 6.07) is 3.55. The van der Waals surface area contributed by atoms with Crippen molar-refractivity contribution >= 4 is 48.9 Å². The maximum Gasteiger partial charge on any atom is 0.316 e. The summed E-state index contributed by atoms with van der Waals surface area (Å²) in [6.07, 6.45) is 5.88. The zero-order chi connectivity index (χ0) is 17.2. The van der Waals surface area contributed by atoms with Crippen LogP contribution in [0.2, 0.25) is 5.02 Å². The van der Waals surface area contributed by atoms with Crippen LogP contribution in [0.3, 0.4) is 0 Å². The van der Waals surface area contributed by atoms with Gasteiger partial charge in [0, 0.05) is 6.04 Å². The highest BCUT2D eigenvalue weighted by Gasteiger charge is 2.27. The quantitative estimate of drug-likeness (QED) is 0.749. The summed E-state index contributed by atoms with van der Waals surface area (Å²) < 4.78 is 34.3. The van der Waals surface area contributed by atoms with E-state index in [1.807, 2.05) is 0 Å². The van der Waals surface area contributed by atoms with E-state index in [2.05, 4.69) is 30.6 Å². The Labute approximate surface area is 157 Å². The lowest BCUT2D eigenvalue weighted by Crippen LogP contribution is -2.39. The van der Waals surface area contributed by atoms with Crippen molar-refractivity contribution in [1.82, 2.24) is 14.7 Å². The van der Waals surface area contributed by atoms with Gasteiger partial charge in [0.2, 0.25) is 10.0 Å². The van der Waals surface area contributed by atoms with Crippen LogP contribution in [0.25, 0.3) is 0 Å². The van der Waals surface area contributed by atoms with E-state index in [0.29, 0.717) is 28.1 Å². The molecule has 0 atom stereocenters. The van der Waals surface area contributed by atoms with Gasteiger partial charge in [-0.15, -0.1) is 11.3 Å². The van der Waals surface area contributed by atoms with Crippen LogP contribution >= 0.6 is 38.9 Å². The Balaban J connectivity index is 1.52. The van der Waals surface area contributed by atoms with Crippen molar-refractivity contribution in [3.05, 3.63) is 33.3 Å². The van der Waals surface area contributed by atoms with Gasteiger partial charge in [-0.05, 0) is 53.7 Å². The molecule has 2 aromatic heterocycles. The molecule has 6 nitrogen and oxygen atoms in total. The Morgan fingerprint density at radius 3 is 2.46 bits per heavy atom. The molecule has 1 fully saturated rings. The van der Waals surface area contributed by atoms with Crippen molar-refractivity contribution in [3.8, 4) is 6.01 Å². The third kappa shape index (κ3) is 4.66. The molecule has 0 radical (unpaired) electrons. The predicted molar refractivity (Wildman–Crippen MR) is 96.1 cm³/mol. The lowest BCUT2D eigenvalue weighted by molar-refractivity contribution is 0.132. The second-order valence-electron chi connectivity index (χ2n) is 5.46. The van der Waals surface area contributed by atoms with Crippen LogP contribution in [-0.2, 0) is 10.0 Å². The Morgan fingerprint density at radius 1 is 1.21 bits per heavy atom. The van der Waals surface area contributed by atoms with Gasteiger partial charge >= 0.3 is 6.01 Å². The molecule has 1 aliphatic rings. The summed E-state index contributed by atoms with van der Waals surface area (Å²) in [5.74, 6) is 0. The predicted octanol–water partition coefficient (Wildman–Crippen LogP) is 3.62. The monoisotopic (exact) mass is 451 g/mol. The van der Waals surface area contributed by atoms with Crippen molar-refractivity contribution in [2.75, 3.05) is 0 Å². The third-order valence-electron chi connectivity index (χ3n) is 3.68. The number of nitrogens with zero attached hydrogens (tertiary/aromatic N) is 2. The Morgan fingerprint density at radius 2 is 1.88 bits per heavy atom. The lowest BCUT2D eigenvalue weighted by atomic mass is 9.94. The molecule has 0 amide bonds. The van der Waals surface area contributed by atoms with Crippen molar-refractivity contribution in [1.29, 1.82) is 0 Å². The van der Waals surface area contributed by atoms with Crippen LogP contribution in [0.4, 0.5) is 0 Å². The Hall–Kier alpha value is -0.740. The Kier molecular flexibility index (Phi) is 5.76. The highest BCUT2D eigenvalue weighted by Crippen LogP contribution is 2.28. The fraction of sp³-hybridized carbons (Fsp3) is 0.429. The topological polar surface area (TPSA) is 81.2 Å². The first-order valence-electron chi connectivity index (χ1n) is 7.34. The van der Waals surface area contributed by atoms with Crippen LogP contribution in [0.5, 0.6) is 6.01 Å². The number of ether oxygens (including phenoxy) is 1. The minimum Gasteiger partial charge on any atom is -0.460 e. The number of nitrogens with one attached hydrogen (secondary N) is 1. The molecule has 0 saturated heterocycles. The number of aromatic nitrogens is 2. The number of rotatable bonds is 5. The number of hydrogen-bond acceptors (Lipinski definition) is 6. The van der Waals surface area contributed by atoms with Crippen molar-refractivity contribution in [3.63, 3.8) is 0 Å². The first-order chi connectivity index (χ1) is 11.4. The molecule has 0 unspecified atom stereocenters. The van der Waals surface area contributed by atoms with E-state index in [-0.39, 0.29) is 12.1 Å². The molecule has 2 heterocycles. The molecule has 2 aromatic rings. The second kappa shape index (κ2) is 7.65. The van der Waals surface area contributed by atoms with E-state index < -0.39 is 10.0 Å². The maximum atomic E-state index is 12.3. The average Bonchev–Trinajstić information content (AvgIpc) is 2.99. The summed E-state index contributed by atoms with van der Waals surface area (Å²) in [7, 11) is -3.46. The standard InChI is InChI=1S/C14H15BrClN3O3S2/c15-12-5-6-13(23-12)24(20,21)19-10-1-3-11(4-2-10)22-14-17-7-9(16)8-18-14/h5-8,10-11,19H,1-4H2. The van der Waals surface area contributed by atoms with Gasteiger partial charge in [-0.1, -0.05) is 11.6 Å². The van der Waals surface area contributed by atoms with Crippen molar-refractivity contribution in [2.45, 2.75) is 42.0 Å². The second-order valence-corrected chi connectivity index (χ2v) is 10.3. The van der Waals surface area contributed by atoms with Gasteiger partial charge in [0.15, 0.2) is 0 Å². The summed E-state index contributed by atoms with van der Waals surface area (Å²) in [5.41, 5.74) is 0. The summed E-state index contributed by atoms with van der Waals surface area (Å²) in [5, 5.41) is 0.459. The summed E-state index contributed by atoms with van der Waals surface area (Å²) in [4.78, 5) is 8.03. The largest absolute Gasteiger partial charge is 0.460 e. The number of halogens is 2. The van der Waals surface area contributed by atoms with Gasteiger partial charge in [-0.2, -0.15) is 0 Å². The van der Waals surface area contributed by atoms with Gasteiger partial charge in [-0.3, -0.25) is 0 Å². The zero-order valence-electron chi connectivity index (χ0n) is 12.5. The molecule has 0 spiro atoms. The number of sulfonamides is 1. The molecule has 24 heavy (non-hydrogen) atoms. The first kappa shape index (κ1) is 18.1. The summed E-state index contributed by atoms with van der Waals surface area (Å²) >= 11 is 10.2. The van der Waals surface area contributed by atoms with E-state index in [1.165, 1.54) is 23.7 Å². The first-order valence-corrected chi connectivity index (χ1v) is 10.8. The summed E-state index contributed by atoms with van der Waals surface area (Å²) in [6.45, 7) is 0. The molecular formula is C14H15BrClN3O3S2. The maximum absolute atomic E-state index is 12.3. The fourth-order valence-corrected chi connectivity index (χ4v) is 5.96. The molecule has 0 aromatic carbocycles. The molecule has 1 saturated carbocycles. The average molecular weight is 453 g/mol. The molecule has 0 bridgehead atoms. The van der Waals surface area contributed by atoms with Gasteiger partial charge in [-0.25, -0.2) is 23.1 Å². The molecule has 130 valence electrons. The van der Waals surface area contributed by atoms with E-state index in [9.17, 15) is 8.42 Å². The number of hydrogen-bond donors (Lipinski definition) is 1. The van der Waals surface area contributed by atoms with Crippen LogP contribution in [0.1, 0.15) is 25.7 Å². The number of thiophene rings is 1. The molecular weight excluding hydrogens is 438 g/mol. The van der Waals surface area contributed by atoms with E-state index in [0.717, 1.165) is 16.6 Å². The van der Waals surface area contributed by atoms with Crippen LogP contribution in [0, 0.1) is 0 Å². The van der Waals surface area contributed by atoms with Gasteiger partial charge in [0.05, 0.1) is 21.2 Å². The van der Waals surface area contributed by atoms with Gasteiger partial charge < -0.3 is 4.74 Å². The van der Waals surface area contributed by atoms with Crippen LogP contribution in [0.15, 0.2) is 32.5 Å². The highest BCUT2D eigenvalue weighted by molar-refractivity contribution is 9.11. The molecule has 3 rings (SSSR count). The molecule has 0 aliphatic heterocycles. The van der Waals surface area contributed by atoms with Gasteiger partial charge in [0.1, 0.15) is 10.3 Å². The minimum atomic E-state index is -3.46. The van der Waals surface area contributed by atoms with Gasteiger partial charge in [0.25, 0.3) is 0 Å². The Bertz CT molecular complexity index is 790. The van der Waals surface area contributed by atoms with Crippen LogP contribution in [-0.4, -0.2) is 30.5 Å². The van der Waals surface area contributed by atoms with E-state index in [1.54, 1.807) is 12.1 Å². The van der Waals surface area contributed by atoms with Crippen LogP contribution < -0.4 is 9.46 Å². The van der Waals surface area contributed by atoms with E-state index >= 15 is 0 Å². The van der Waals surface area contributed by atoms with Crippen molar-refractivity contribution < 1.29 is 13.2 Å². The lowest BCUT2D eigenvalue weighted by Gasteiger charge is -2.28. The third-order valence-corrected chi connectivity index (χ3v) is 7.51. The smallest absolute Gasteiger partial charge is 0.316 e. The van der Waals surface area contributed by atoms with E-state index in [4.69, 9.17) is 16.3 Å². The SMILES string of the molecule is O=S(=O)(NC1CCC(Oc2ncc(Cl)cn2)CC1)c1ccc(Br)s1. The zero-order valence-corrected chi connectivity index (χ0v) is 16.5. The molecule has 10 heteroatoms. The molecule has 1 aliphatic carbocycles. The highest BCUT2D eigenvalue weighted by atomic mass is 79.9. The molecule has 1 N–H and O–H groups in total. The fourth-order valence-electron chi connectivity index (χ4n) is 2.53. The van der Waals surface area contributed by atoms with Crippen molar-refractivity contribution in [2.24, 2.45) is 0 Å². The normalized spacial score (nSPS) is 21.6.